The molecule has 4 aromatic rings. The van der Waals surface area contributed by atoms with Crippen molar-refractivity contribution < 1.29 is 0 Å². The molecule has 0 aliphatic rings. The van der Waals surface area contributed by atoms with Gasteiger partial charge in [-0.1, -0.05) is 30.3 Å². The second-order valence-corrected chi connectivity index (χ2v) is 5.91. The monoisotopic (exact) mass is 314 g/mol. The third-order valence-electron chi connectivity index (χ3n) is 4.14. The summed E-state index contributed by atoms with van der Waals surface area (Å²) in [5.41, 5.74) is 4.52. The number of rotatable bonds is 3. The van der Waals surface area contributed by atoms with Gasteiger partial charge < -0.3 is 4.90 Å². The van der Waals surface area contributed by atoms with Crippen molar-refractivity contribution in [3.05, 3.63) is 73.1 Å². The van der Waals surface area contributed by atoms with Gasteiger partial charge in [0.1, 0.15) is 0 Å². The van der Waals surface area contributed by atoms with Crippen LogP contribution in [-0.4, -0.2) is 28.6 Å². The second-order valence-electron chi connectivity index (χ2n) is 5.91. The Morgan fingerprint density at radius 3 is 2.25 bits per heavy atom. The van der Waals surface area contributed by atoms with Gasteiger partial charge >= 0.3 is 0 Å². The molecule has 118 valence electrons. The Morgan fingerprint density at radius 2 is 1.54 bits per heavy atom. The van der Waals surface area contributed by atoms with Crippen molar-refractivity contribution in [1.82, 2.24) is 14.5 Å². The number of nitrogens with zero attached hydrogens (tertiary/aromatic N) is 4. The van der Waals surface area contributed by atoms with Crippen LogP contribution in [0.5, 0.6) is 0 Å². The van der Waals surface area contributed by atoms with Crippen molar-refractivity contribution in [3.63, 3.8) is 0 Å². The van der Waals surface area contributed by atoms with Gasteiger partial charge in [-0.15, -0.1) is 0 Å². The number of anilines is 1. The SMILES string of the molecule is CN(C)c1ccc(-c2cc3ccccc3n2-c2ncccn2)cc1. The predicted molar refractivity (Wildman–Crippen MR) is 98.6 cm³/mol. The smallest absolute Gasteiger partial charge is 0.234 e. The van der Waals surface area contributed by atoms with Crippen LogP contribution >= 0.6 is 0 Å². The molecule has 0 radical (unpaired) electrons. The van der Waals surface area contributed by atoms with Crippen LogP contribution in [0, 0.1) is 0 Å². The summed E-state index contributed by atoms with van der Waals surface area (Å²) in [6, 6.07) is 20.9. The molecule has 0 aliphatic carbocycles. The topological polar surface area (TPSA) is 34.0 Å². The summed E-state index contributed by atoms with van der Waals surface area (Å²) < 4.78 is 2.11. The average Bonchev–Trinajstić information content (AvgIpc) is 3.02. The third kappa shape index (κ3) is 2.42. The van der Waals surface area contributed by atoms with E-state index in [1.807, 2.05) is 26.2 Å². The van der Waals surface area contributed by atoms with Gasteiger partial charge in [0.2, 0.25) is 5.95 Å². The van der Waals surface area contributed by atoms with Crippen molar-refractivity contribution in [2.75, 3.05) is 19.0 Å². The van der Waals surface area contributed by atoms with Crippen molar-refractivity contribution in [1.29, 1.82) is 0 Å². The lowest BCUT2D eigenvalue weighted by molar-refractivity contribution is 0.967. The Morgan fingerprint density at radius 1 is 0.833 bits per heavy atom. The van der Waals surface area contributed by atoms with Crippen LogP contribution in [0.4, 0.5) is 5.69 Å². The highest BCUT2D eigenvalue weighted by Gasteiger charge is 2.13. The number of fused-ring (bicyclic) bond motifs is 1. The zero-order chi connectivity index (χ0) is 16.5. The molecular formula is C20H18N4. The maximum absolute atomic E-state index is 4.45. The minimum atomic E-state index is 0.686. The summed E-state index contributed by atoms with van der Waals surface area (Å²) in [6.07, 6.45) is 3.55. The number of benzene rings is 2. The number of para-hydroxylation sites is 1. The van der Waals surface area contributed by atoms with Crippen LogP contribution in [0.15, 0.2) is 73.1 Å². The fourth-order valence-corrected chi connectivity index (χ4v) is 2.92. The molecular weight excluding hydrogens is 296 g/mol. The van der Waals surface area contributed by atoms with Crippen LogP contribution in [0.25, 0.3) is 28.1 Å². The maximum atomic E-state index is 4.45. The summed E-state index contributed by atoms with van der Waals surface area (Å²) in [4.78, 5) is 11.0. The van der Waals surface area contributed by atoms with Crippen molar-refractivity contribution in [2.24, 2.45) is 0 Å². The molecule has 0 aliphatic heterocycles. The Labute approximate surface area is 141 Å². The molecule has 4 heteroatoms. The van der Waals surface area contributed by atoms with Crippen LogP contribution in [0.1, 0.15) is 0 Å². The highest BCUT2D eigenvalue weighted by atomic mass is 15.2. The lowest BCUT2D eigenvalue weighted by atomic mass is 10.1. The summed E-state index contributed by atoms with van der Waals surface area (Å²) >= 11 is 0. The van der Waals surface area contributed by atoms with Crippen LogP contribution < -0.4 is 4.90 Å². The van der Waals surface area contributed by atoms with E-state index >= 15 is 0 Å². The molecule has 0 fully saturated rings. The Hall–Kier alpha value is -3.14. The molecule has 2 aromatic carbocycles. The van der Waals surface area contributed by atoms with Gasteiger partial charge in [-0.05, 0) is 35.9 Å². The van der Waals surface area contributed by atoms with Gasteiger partial charge in [-0.25, -0.2) is 9.97 Å². The molecule has 24 heavy (non-hydrogen) atoms. The fraction of sp³-hybridized carbons (Fsp3) is 0.100. The van der Waals surface area contributed by atoms with Gasteiger partial charge in [-0.2, -0.15) is 0 Å². The van der Waals surface area contributed by atoms with Gasteiger partial charge in [0, 0.05) is 37.6 Å². The largest absolute Gasteiger partial charge is 0.378 e. The zero-order valence-corrected chi connectivity index (χ0v) is 13.7. The second kappa shape index (κ2) is 5.81. The highest BCUT2D eigenvalue weighted by molar-refractivity contribution is 5.88. The van der Waals surface area contributed by atoms with Gasteiger partial charge in [0.25, 0.3) is 0 Å². The Balaban J connectivity index is 1.95. The Bertz CT molecular complexity index is 970. The normalized spacial score (nSPS) is 10.9. The predicted octanol–water partition coefficient (Wildman–Crippen LogP) is 4.15. The molecule has 0 atom stereocenters. The summed E-state index contributed by atoms with van der Waals surface area (Å²) in [6.45, 7) is 0. The van der Waals surface area contributed by atoms with E-state index in [4.69, 9.17) is 0 Å². The molecule has 0 bridgehead atoms. The number of aromatic nitrogens is 3. The first-order chi connectivity index (χ1) is 11.7. The van der Waals surface area contributed by atoms with E-state index in [1.54, 1.807) is 12.4 Å². The number of hydrogen-bond acceptors (Lipinski definition) is 3. The first-order valence-electron chi connectivity index (χ1n) is 7.90. The molecule has 0 amide bonds. The first kappa shape index (κ1) is 14.5. The molecule has 0 unspecified atom stereocenters. The Kier molecular flexibility index (Phi) is 3.50. The molecule has 4 nitrogen and oxygen atoms in total. The molecule has 0 spiro atoms. The molecule has 0 saturated heterocycles. The van der Waals surface area contributed by atoms with Gasteiger partial charge in [0.05, 0.1) is 11.2 Å². The van der Waals surface area contributed by atoms with E-state index in [1.165, 1.54) is 11.1 Å². The van der Waals surface area contributed by atoms with E-state index in [2.05, 4.69) is 68.0 Å². The van der Waals surface area contributed by atoms with Gasteiger partial charge in [-0.3, -0.25) is 4.57 Å². The average molecular weight is 314 g/mol. The number of hydrogen-bond donors (Lipinski definition) is 0. The molecule has 2 heterocycles. The van der Waals surface area contributed by atoms with E-state index < -0.39 is 0 Å². The molecule has 0 N–H and O–H groups in total. The van der Waals surface area contributed by atoms with E-state index in [0.29, 0.717) is 5.95 Å². The lowest BCUT2D eigenvalue weighted by Gasteiger charge is -2.13. The molecule has 0 saturated carbocycles. The lowest BCUT2D eigenvalue weighted by Crippen LogP contribution is -2.08. The van der Waals surface area contributed by atoms with Gasteiger partial charge in [0.15, 0.2) is 0 Å². The van der Waals surface area contributed by atoms with Crippen LogP contribution in [0.2, 0.25) is 0 Å². The zero-order valence-electron chi connectivity index (χ0n) is 13.7. The quantitative estimate of drug-likeness (QED) is 0.569. The van der Waals surface area contributed by atoms with E-state index in [0.717, 1.165) is 16.8 Å². The van der Waals surface area contributed by atoms with Crippen molar-refractivity contribution in [2.45, 2.75) is 0 Å². The van der Waals surface area contributed by atoms with E-state index in [9.17, 15) is 0 Å². The van der Waals surface area contributed by atoms with E-state index in [-0.39, 0.29) is 0 Å². The third-order valence-corrected chi connectivity index (χ3v) is 4.14. The van der Waals surface area contributed by atoms with Crippen LogP contribution in [0.3, 0.4) is 0 Å². The minimum Gasteiger partial charge on any atom is -0.378 e. The van der Waals surface area contributed by atoms with Crippen LogP contribution in [-0.2, 0) is 0 Å². The van der Waals surface area contributed by atoms with Crippen molar-refractivity contribution in [3.8, 4) is 17.2 Å². The standard InChI is InChI=1S/C20H18N4/c1-23(2)17-10-8-15(9-11-17)19-14-16-6-3-4-7-18(16)24(19)20-21-12-5-13-22-20/h3-14H,1-2H3. The fourth-order valence-electron chi connectivity index (χ4n) is 2.92. The first-order valence-corrected chi connectivity index (χ1v) is 7.90. The molecule has 4 rings (SSSR count). The highest BCUT2D eigenvalue weighted by Crippen LogP contribution is 2.31. The summed E-state index contributed by atoms with van der Waals surface area (Å²) in [5.74, 6) is 0.686. The summed E-state index contributed by atoms with van der Waals surface area (Å²) in [7, 11) is 4.09. The minimum absolute atomic E-state index is 0.686. The maximum Gasteiger partial charge on any atom is 0.234 e. The summed E-state index contributed by atoms with van der Waals surface area (Å²) in [5, 5.41) is 1.18. The van der Waals surface area contributed by atoms with Crippen molar-refractivity contribution >= 4 is 16.6 Å². The molecule has 2 aromatic heterocycles.